The number of hydrogen-bond acceptors (Lipinski definition) is 12. The van der Waals surface area contributed by atoms with E-state index in [1.807, 2.05) is 0 Å². The fraction of sp³-hybridized carbons (Fsp3) is 0.387. The number of nitro groups is 1. The van der Waals surface area contributed by atoms with Crippen LogP contribution in [0.5, 0.6) is 5.75 Å². The Kier molecular flexibility index (Phi) is 7.91. The fourth-order valence-electron chi connectivity index (χ4n) is 6.34. The van der Waals surface area contributed by atoms with Gasteiger partial charge in [-0.05, 0) is 58.4 Å². The number of carbonyl (C=O) groups is 3. The lowest BCUT2D eigenvalue weighted by molar-refractivity contribution is -0.384. The second kappa shape index (κ2) is 11.1. The Morgan fingerprint density at radius 2 is 1.80 bits per heavy atom. The second-order valence-corrected chi connectivity index (χ2v) is 14.6. The molecule has 1 aromatic heterocycles. The van der Waals surface area contributed by atoms with Gasteiger partial charge in [-0.15, -0.1) is 0 Å². The first-order valence-electron chi connectivity index (χ1n) is 14.1. The summed E-state index contributed by atoms with van der Waals surface area (Å²) in [5.41, 5.74) is -3.16. The lowest BCUT2D eigenvalue weighted by atomic mass is 9.82. The number of nitrogens with one attached hydrogen (secondary N) is 1. The van der Waals surface area contributed by atoms with E-state index < -0.39 is 53.1 Å². The highest BCUT2D eigenvalue weighted by molar-refractivity contribution is 7.55. The van der Waals surface area contributed by atoms with Gasteiger partial charge in [0.2, 0.25) is 0 Å². The van der Waals surface area contributed by atoms with Crippen LogP contribution in [-0.2, 0) is 33.6 Å². The first-order valence-corrected chi connectivity index (χ1v) is 15.7. The third kappa shape index (κ3) is 4.88. The molecule has 0 bridgehead atoms. The zero-order valence-electron chi connectivity index (χ0n) is 26.6. The van der Waals surface area contributed by atoms with E-state index in [1.54, 1.807) is 46.8 Å². The van der Waals surface area contributed by atoms with Gasteiger partial charge in [0.25, 0.3) is 11.6 Å². The van der Waals surface area contributed by atoms with Crippen LogP contribution in [0.25, 0.3) is 16.5 Å². The number of nitrogens with zero attached hydrogens (tertiary/aromatic N) is 2. The van der Waals surface area contributed by atoms with Crippen molar-refractivity contribution in [2.45, 2.75) is 57.4 Å². The summed E-state index contributed by atoms with van der Waals surface area (Å²) in [6.07, 6.45) is 0. The van der Waals surface area contributed by atoms with Gasteiger partial charge < -0.3 is 33.2 Å². The average molecular weight is 656 g/mol. The molecule has 2 aromatic carbocycles. The summed E-state index contributed by atoms with van der Waals surface area (Å²) in [5, 5.41) is 15.4. The molecule has 0 radical (unpaired) electrons. The van der Waals surface area contributed by atoms with E-state index >= 15 is 0 Å². The Morgan fingerprint density at radius 3 is 2.35 bits per heavy atom. The standard InChI is InChI=1S/C31H34N3O11P/c1-15(2)21-13-16-12-19(31(6)32-20-11-10-17(34(38)39)14-18(20)27(35)33(31)30(3,4)5)25-22(24(16)44-21)23(28(36)41-7)26(29(37)45-25)46(40,42-8)43-9/h10-14,23,26,32H,1H2,2-9H3/t23-,26+,31?/m0/s1. The first kappa shape index (κ1) is 32.9. The van der Waals surface area contributed by atoms with E-state index in [4.69, 9.17) is 22.9 Å². The van der Waals surface area contributed by atoms with Crippen LogP contribution in [0.3, 0.4) is 0 Å². The van der Waals surface area contributed by atoms with Crippen LogP contribution in [0.2, 0.25) is 0 Å². The van der Waals surface area contributed by atoms with Gasteiger partial charge in [0, 0.05) is 48.5 Å². The Morgan fingerprint density at radius 1 is 1.15 bits per heavy atom. The third-order valence-electron chi connectivity index (χ3n) is 8.26. The van der Waals surface area contributed by atoms with Crippen molar-refractivity contribution >= 4 is 53.4 Å². The number of amides is 1. The van der Waals surface area contributed by atoms with Crippen LogP contribution in [-0.4, -0.2) is 60.2 Å². The SMILES string of the molecule is C=C(C)c1cc2cc(C3(C)Nc4ccc([N+](=O)[O-])cc4C(=O)N3C(C)(C)C)c3c(c2o1)[C@H](C(=O)OC)[C@@H](P(=O)(OC)OC)C(=O)O3. The molecule has 3 heterocycles. The quantitative estimate of drug-likeness (QED) is 0.104. The van der Waals surface area contributed by atoms with Crippen molar-refractivity contribution in [3.8, 4) is 5.75 Å². The number of anilines is 1. The molecule has 2 aliphatic heterocycles. The molecule has 0 saturated carbocycles. The van der Waals surface area contributed by atoms with Crippen molar-refractivity contribution < 1.29 is 46.8 Å². The van der Waals surface area contributed by atoms with Gasteiger partial charge in [-0.2, -0.15) is 0 Å². The summed E-state index contributed by atoms with van der Waals surface area (Å²) in [6.45, 7) is 12.7. The summed E-state index contributed by atoms with van der Waals surface area (Å²) in [6, 6.07) is 7.24. The van der Waals surface area contributed by atoms with Crippen molar-refractivity contribution in [1.29, 1.82) is 0 Å². The third-order valence-corrected chi connectivity index (χ3v) is 10.5. The van der Waals surface area contributed by atoms with Crippen LogP contribution in [0.1, 0.15) is 67.8 Å². The molecule has 3 aromatic rings. The predicted octanol–water partition coefficient (Wildman–Crippen LogP) is 5.94. The summed E-state index contributed by atoms with van der Waals surface area (Å²) >= 11 is 0. The zero-order chi connectivity index (χ0) is 34.1. The van der Waals surface area contributed by atoms with E-state index in [0.29, 0.717) is 16.7 Å². The van der Waals surface area contributed by atoms with E-state index in [1.165, 1.54) is 23.1 Å². The highest BCUT2D eigenvalue weighted by Gasteiger charge is 2.58. The van der Waals surface area contributed by atoms with Crippen LogP contribution < -0.4 is 10.1 Å². The van der Waals surface area contributed by atoms with Gasteiger partial charge in [0.05, 0.1) is 23.2 Å². The second-order valence-electron chi connectivity index (χ2n) is 12.2. The van der Waals surface area contributed by atoms with Crippen molar-refractivity contribution in [3.63, 3.8) is 0 Å². The molecule has 0 spiro atoms. The Bertz CT molecular complexity index is 1880. The van der Waals surface area contributed by atoms with Crippen LogP contribution in [0.4, 0.5) is 11.4 Å². The number of methoxy groups -OCH3 is 1. The predicted molar refractivity (Wildman–Crippen MR) is 167 cm³/mol. The number of non-ortho nitro benzene ring substituents is 1. The monoisotopic (exact) mass is 655 g/mol. The van der Waals surface area contributed by atoms with Gasteiger partial charge in [-0.25, -0.2) is 0 Å². The minimum Gasteiger partial charge on any atom is -0.469 e. The van der Waals surface area contributed by atoms with Crippen LogP contribution >= 0.6 is 7.60 Å². The number of rotatable bonds is 7. The summed E-state index contributed by atoms with van der Waals surface area (Å²) in [4.78, 5) is 54.1. The minimum atomic E-state index is -4.32. The van der Waals surface area contributed by atoms with E-state index in [-0.39, 0.29) is 39.4 Å². The fourth-order valence-corrected chi connectivity index (χ4v) is 7.89. The number of fused-ring (bicyclic) bond motifs is 4. The molecule has 244 valence electrons. The number of benzene rings is 2. The average Bonchev–Trinajstić information content (AvgIpc) is 3.43. The van der Waals surface area contributed by atoms with Crippen molar-refractivity contribution in [2.24, 2.45) is 0 Å². The van der Waals surface area contributed by atoms with E-state index in [2.05, 4.69) is 11.9 Å². The summed E-state index contributed by atoms with van der Waals surface area (Å²) < 4.78 is 41.4. The molecule has 1 N–H and O–H groups in total. The molecular weight excluding hydrogens is 621 g/mol. The number of hydrogen-bond donors (Lipinski definition) is 1. The molecule has 0 aliphatic carbocycles. The van der Waals surface area contributed by atoms with Crippen molar-refractivity contribution in [2.75, 3.05) is 26.6 Å². The zero-order valence-corrected chi connectivity index (χ0v) is 27.5. The molecule has 1 unspecified atom stereocenters. The van der Waals surface area contributed by atoms with Crippen LogP contribution in [0, 0.1) is 10.1 Å². The lowest BCUT2D eigenvalue weighted by Crippen LogP contribution is -2.62. The molecular formula is C31H34N3O11P. The normalized spacial score (nSPS) is 21.3. The Hall–Kier alpha value is -4.52. The number of allylic oxidation sites excluding steroid dienone is 1. The maximum atomic E-state index is 14.3. The summed E-state index contributed by atoms with van der Waals surface area (Å²) in [7, 11) is -1.04. The van der Waals surface area contributed by atoms with Gasteiger partial charge >= 0.3 is 19.5 Å². The molecule has 46 heavy (non-hydrogen) atoms. The molecule has 2 aliphatic rings. The van der Waals surface area contributed by atoms with Gasteiger partial charge in [0.15, 0.2) is 5.66 Å². The molecule has 14 nitrogen and oxygen atoms in total. The molecule has 0 saturated heterocycles. The minimum absolute atomic E-state index is 0.0320. The number of nitro benzene ring substituents is 1. The first-order chi connectivity index (χ1) is 21.4. The highest BCUT2D eigenvalue weighted by atomic mass is 31.2. The number of carbonyl (C=O) groups excluding carboxylic acids is 3. The lowest BCUT2D eigenvalue weighted by Gasteiger charge is -2.53. The van der Waals surface area contributed by atoms with Gasteiger partial charge in [-0.3, -0.25) is 29.1 Å². The maximum absolute atomic E-state index is 14.3. The number of ether oxygens (including phenoxy) is 2. The van der Waals surface area contributed by atoms with Crippen molar-refractivity contribution in [1.82, 2.24) is 4.90 Å². The van der Waals surface area contributed by atoms with E-state index in [9.17, 15) is 29.1 Å². The Labute approximate surface area is 264 Å². The Balaban J connectivity index is 1.90. The molecule has 5 rings (SSSR count). The largest absolute Gasteiger partial charge is 0.469 e. The topological polar surface area (TPSA) is 177 Å². The maximum Gasteiger partial charge on any atom is 0.345 e. The van der Waals surface area contributed by atoms with Crippen LogP contribution in [0.15, 0.2) is 41.3 Å². The highest BCUT2D eigenvalue weighted by Crippen LogP contribution is 2.61. The molecule has 3 atom stereocenters. The van der Waals surface area contributed by atoms with Gasteiger partial charge in [-0.1, -0.05) is 6.58 Å². The number of furan rings is 1. The van der Waals surface area contributed by atoms with E-state index in [0.717, 1.165) is 21.3 Å². The molecule has 15 heteroatoms. The smallest absolute Gasteiger partial charge is 0.345 e. The van der Waals surface area contributed by atoms with Crippen molar-refractivity contribution in [3.05, 3.63) is 69.5 Å². The summed E-state index contributed by atoms with van der Waals surface area (Å²) in [5.74, 6) is -3.93. The molecule has 1 amide bonds. The molecule has 0 fully saturated rings. The number of esters is 2. The van der Waals surface area contributed by atoms with Gasteiger partial charge in [0.1, 0.15) is 28.7 Å².